The number of halogens is 1. The summed E-state index contributed by atoms with van der Waals surface area (Å²) in [4.78, 5) is 4.21. The number of nitrogens with zero attached hydrogens (tertiary/aromatic N) is 2. The summed E-state index contributed by atoms with van der Waals surface area (Å²) in [5, 5.41) is 13.3. The molecule has 0 radical (unpaired) electrons. The van der Waals surface area contributed by atoms with Gasteiger partial charge < -0.3 is 10.9 Å². The molecule has 0 spiro atoms. The van der Waals surface area contributed by atoms with Gasteiger partial charge in [-0.3, -0.25) is 0 Å². The number of thioether (sulfide) groups is 1. The Morgan fingerprint density at radius 3 is 2.83 bits per heavy atom. The van der Waals surface area contributed by atoms with E-state index in [-0.39, 0.29) is 11.3 Å². The van der Waals surface area contributed by atoms with Crippen LogP contribution in [0.1, 0.15) is 26.7 Å². The van der Waals surface area contributed by atoms with Gasteiger partial charge in [-0.25, -0.2) is 4.98 Å². The van der Waals surface area contributed by atoms with Gasteiger partial charge in [-0.2, -0.15) is 0 Å². The van der Waals surface area contributed by atoms with E-state index in [0.717, 1.165) is 23.6 Å². The molecule has 1 heterocycles. The van der Waals surface area contributed by atoms with E-state index in [1.165, 1.54) is 0 Å². The third-order valence-electron chi connectivity index (χ3n) is 2.70. The molecule has 0 bridgehead atoms. The van der Waals surface area contributed by atoms with E-state index in [0.29, 0.717) is 5.02 Å². The predicted octanol–water partition coefficient (Wildman–Crippen LogP) is 3.38. The molecule has 1 aromatic heterocycles. The Balaban J connectivity index is 2.33. The van der Waals surface area contributed by atoms with E-state index >= 15 is 0 Å². The molecule has 4 nitrogen and oxygen atoms in total. The molecule has 18 heavy (non-hydrogen) atoms. The first kappa shape index (κ1) is 15.1. The van der Waals surface area contributed by atoms with Crippen LogP contribution in [0.5, 0.6) is 0 Å². The molecular weight excluding hydrogens is 270 g/mol. The number of hydrogen-bond acceptors (Lipinski definition) is 4. The minimum Gasteiger partial charge on any atom is -0.409 e. The van der Waals surface area contributed by atoms with Crippen molar-refractivity contribution in [3.63, 3.8) is 0 Å². The molecule has 0 aliphatic heterocycles. The molecule has 0 saturated carbocycles. The van der Waals surface area contributed by atoms with E-state index in [2.05, 4.69) is 10.1 Å². The zero-order valence-corrected chi connectivity index (χ0v) is 12.1. The van der Waals surface area contributed by atoms with Crippen LogP contribution in [0.3, 0.4) is 0 Å². The van der Waals surface area contributed by atoms with Gasteiger partial charge in [0.05, 0.1) is 10.0 Å². The van der Waals surface area contributed by atoms with Crippen LogP contribution in [0.25, 0.3) is 0 Å². The highest BCUT2D eigenvalue weighted by Crippen LogP contribution is 2.25. The monoisotopic (exact) mass is 287 g/mol. The maximum absolute atomic E-state index is 8.67. The molecule has 3 N–H and O–H groups in total. The Bertz CT molecular complexity index is 406. The highest BCUT2D eigenvalue weighted by Gasteiger charge is 2.22. The molecule has 0 saturated heterocycles. The quantitative estimate of drug-likeness (QED) is 0.210. The number of hydrogen-bond donors (Lipinski definition) is 2. The second-order valence-electron chi connectivity index (χ2n) is 4.64. The number of pyridine rings is 1. The fraction of sp³-hybridized carbons (Fsp3) is 0.500. The second kappa shape index (κ2) is 6.85. The lowest BCUT2D eigenvalue weighted by Gasteiger charge is -2.22. The van der Waals surface area contributed by atoms with Crippen molar-refractivity contribution in [1.82, 2.24) is 4.98 Å². The van der Waals surface area contributed by atoms with Crippen LogP contribution in [0.2, 0.25) is 5.02 Å². The normalized spacial score (nSPS) is 12.7. The molecule has 0 aliphatic carbocycles. The smallest absolute Gasteiger partial charge is 0.144 e. The van der Waals surface area contributed by atoms with Crippen LogP contribution in [0.4, 0.5) is 0 Å². The zero-order chi connectivity index (χ0) is 13.6. The topological polar surface area (TPSA) is 71.5 Å². The van der Waals surface area contributed by atoms with Crippen molar-refractivity contribution in [2.45, 2.75) is 31.7 Å². The number of oxime groups is 1. The predicted molar refractivity (Wildman–Crippen MR) is 76.4 cm³/mol. The highest BCUT2D eigenvalue weighted by atomic mass is 35.5. The Morgan fingerprint density at radius 1 is 1.56 bits per heavy atom. The molecule has 0 atom stereocenters. The zero-order valence-electron chi connectivity index (χ0n) is 10.6. The summed E-state index contributed by atoms with van der Waals surface area (Å²) in [5.41, 5.74) is 5.35. The van der Waals surface area contributed by atoms with Crippen molar-refractivity contribution in [2.24, 2.45) is 16.3 Å². The lowest BCUT2D eigenvalue weighted by molar-refractivity contribution is 0.305. The van der Waals surface area contributed by atoms with Crippen LogP contribution < -0.4 is 5.73 Å². The van der Waals surface area contributed by atoms with Crippen molar-refractivity contribution >= 4 is 29.2 Å². The average Bonchev–Trinajstić information content (AvgIpc) is 2.35. The summed E-state index contributed by atoms with van der Waals surface area (Å²) >= 11 is 7.44. The maximum atomic E-state index is 8.67. The van der Waals surface area contributed by atoms with Crippen LogP contribution in [0.15, 0.2) is 28.5 Å². The number of amidine groups is 1. The van der Waals surface area contributed by atoms with Crippen molar-refractivity contribution in [1.29, 1.82) is 0 Å². The van der Waals surface area contributed by atoms with Gasteiger partial charge in [-0.1, -0.05) is 30.6 Å². The lowest BCUT2D eigenvalue weighted by atomic mass is 9.87. The minimum atomic E-state index is -0.275. The number of rotatable bonds is 6. The van der Waals surface area contributed by atoms with E-state index in [9.17, 15) is 0 Å². The Morgan fingerprint density at radius 2 is 2.28 bits per heavy atom. The minimum absolute atomic E-state index is 0.275. The molecular formula is C12H18ClN3OS. The molecule has 6 heteroatoms. The second-order valence-corrected chi connectivity index (χ2v) is 6.19. The van der Waals surface area contributed by atoms with Gasteiger partial charge in [-0.05, 0) is 30.7 Å². The van der Waals surface area contributed by atoms with Gasteiger partial charge in [0.25, 0.3) is 0 Å². The molecule has 0 amide bonds. The van der Waals surface area contributed by atoms with Gasteiger partial charge in [0, 0.05) is 11.6 Å². The first-order valence-electron chi connectivity index (χ1n) is 5.68. The van der Waals surface area contributed by atoms with Crippen LogP contribution in [-0.4, -0.2) is 21.8 Å². The molecule has 0 aliphatic rings. The SMILES string of the molecule is CC(C)(CCCSc1ccc(Cl)cn1)C(N)=NO. The Hall–Kier alpha value is -0.940. The molecule has 1 rings (SSSR count). The van der Waals surface area contributed by atoms with Crippen LogP contribution in [0, 0.1) is 5.41 Å². The summed E-state index contributed by atoms with van der Waals surface area (Å²) in [7, 11) is 0. The summed E-state index contributed by atoms with van der Waals surface area (Å²) in [6.07, 6.45) is 3.48. The van der Waals surface area contributed by atoms with E-state index in [4.69, 9.17) is 22.5 Å². The first-order valence-corrected chi connectivity index (χ1v) is 7.04. The van der Waals surface area contributed by atoms with Crippen molar-refractivity contribution in [3.05, 3.63) is 23.4 Å². The summed E-state index contributed by atoms with van der Waals surface area (Å²) in [5.74, 6) is 1.22. The van der Waals surface area contributed by atoms with Gasteiger partial charge in [-0.15, -0.1) is 11.8 Å². The Kier molecular flexibility index (Phi) is 5.75. The molecule has 100 valence electrons. The highest BCUT2D eigenvalue weighted by molar-refractivity contribution is 7.99. The lowest BCUT2D eigenvalue weighted by Crippen LogP contribution is -2.31. The third-order valence-corrected chi connectivity index (χ3v) is 3.95. The number of nitrogens with two attached hydrogens (primary N) is 1. The van der Waals surface area contributed by atoms with E-state index in [1.54, 1.807) is 18.0 Å². The van der Waals surface area contributed by atoms with Crippen molar-refractivity contribution < 1.29 is 5.21 Å². The van der Waals surface area contributed by atoms with Crippen molar-refractivity contribution in [3.8, 4) is 0 Å². The Labute approximate surface area is 117 Å². The average molecular weight is 288 g/mol. The van der Waals surface area contributed by atoms with Gasteiger partial charge in [0.1, 0.15) is 5.84 Å². The fourth-order valence-electron chi connectivity index (χ4n) is 1.40. The van der Waals surface area contributed by atoms with Crippen molar-refractivity contribution in [2.75, 3.05) is 5.75 Å². The van der Waals surface area contributed by atoms with Gasteiger partial charge in [0.2, 0.25) is 0 Å². The molecule has 0 aromatic carbocycles. The number of aromatic nitrogens is 1. The van der Waals surface area contributed by atoms with Gasteiger partial charge in [0.15, 0.2) is 0 Å². The van der Waals surface area contributed by atoms with Crippen LogP contribution in [-0.2, 0) is 0 Å². The molecule has 0 unspecified atom stereocenters. The summed E-state index contributed by atoms with van der Waals surface area (Å²) < 4.78 is 0. The standard InChI is InChI=1S/C12H18ClN3OS/c1-12(2,11(14)16-17)6-3-7-18-10-5-4-9(13)8-15-10/h4-5,8,17H,3,6-7H2,1-2H3,(H2,14,16). The summed E-state index contributed by atoms with van der Waals surface area (Å²) in [6.45, 7) is 3.93. The molecule has 0 fully saturated rings. The van der Waals surface area contributed by atoms with Crippen LogP contribution >= 0.6 is 23.4 Å². The first-order chi connectivity index (χ1) is 8.45. The largest absolute Gasteiger partial charge is 0.409 e. The van der Waals surface area contributed by atoms with E-state index < -0.39 is 0 Å². The molecule has 1 aromatic rings. The fourth-order valence-corrected chi connectivity index (χ4v) is 2.30. The summed E-state index contributed by atoms with van der Waals surface area (Å²) in [6, 6.07) is 3.74. The van der Waals surface area contributed by atoms with E-state index in [1.807, 2.05) is 26.0 Å². The van der Waals surface area contributed by atoms with Gasteiger partial charge >= 0.3 is 0 Å². The maximum Gasteiger partial charge on any atom is 0.144 e. The third kappa shape index (κ3) is 4.74.